The van der Waals surface area contributed by atoms with Gasteiger partial charge in [0.1, 0.15) is 5.41 Å². The van der Waals surface area contributed by atoms with Gasteiger partial charge in [-0.15, -0.1) is 0 Å². The molecule has 1 fully saturated rings. The van der Waals surface area contributed by atoms with Crippen LogP contribution in [0.15, 0.2) is 18.2 Å². The van der Waals surface area contributed by atoms with E-state index in [1.54, 1.807) is 13.8 Å². The number of hydrogen-bond donors (Lipinski definition) is 2. The molecule has 0 heterocycles. The Labute approximate surface area is 165 Å². The first-order valence-electron chi connectivity index (χ1n) is 9.26. The van der Waals surface area contributed by atoms with E-state index < -0.39 is 17.3 Å². The average Bonchev–Trinajstić information content (AvgIpc) is 2.91. The van der Waals surface area contributed by atoms with Gasteiger partial charge in [0, 0.05) is 6.04 Å². The fraction of sp³-hybridized carbons (Fsp3) is 0.550. The molecule has 0 aromatic heterocycles. The van der Waals surface area contributed by atoms with Gasteiger partial charge in [-0.3, -0.25) is 9.59 Å². The smallest absolute Gasteiger partial charge is 0.337 e. The minimum absolute atomic E-state index is 0.110. The maximum atomic E-state index is 12.7. The Kier molecular flexibility index (Phi) is 7.25. The van der Waals surface area contributed by atoms with Gasteiger partial charge in [0.15, 0.2) is 0 Å². The van der Waals surface area contributed by atoms with Gasteiger partial charge in [-0.1, -0.05) is 37.3 Å². The molecule has 0 radical (unpaired) electrons. The summed E-state index contributed by atoms with van der Waals surface area (Å²) in [4.78, 5) is 37.1. The molecule has 2 rings (SSSR count). The van der Waals surface area contributed by atoms with Gasteiger partial charge in [0.2, 0.25) is 11.8 Å². The highest BCUT2D eigenvalue weighted by molar-refractivity contribution is 6.34. The van der Waals surface area contributed by atoms with E-state index >= 15 is 0 Å². The zero-order chi connectivity index (χ0) is 20.0. The summed E-state index contributed by atoms with van der Waals surface area (Å²) in [5, 5.41) is 5.95. The second-order valence-corrected chi connectivity index (χ2v) is 7.83. The highest BCUT2D eigenvalue weighted by Gasteiger charge is 2.37. The van der Waals surface area contributed by atoms with Crippen LogP contribution in [-0.2, 0) is 14.3 Å². The van der Waals surface area contributed by atoms with E-state index in [4.69, 9.17) is 11.6 Å². The van der Waals surface area contributed by atoms with Crippen molar-refractivity contribution in [1.82, 2.24) is 5.32 Å². The third-order valence-corrected chi connectivity index (χ3v) is 5.29. The number of carbonyl (C=O) groups is 3. The number of nitrogens with one attached hydrogen (secondary N) is 2. The number of ether oxygens (including phenoxy) is 1. The van der Waals surface area contributed by atoms with Gasteiger partial charge in [-0.05, 0) is 44.9 Å². The van der Waals surface area contributed by atoms with Crippen LogP contribution in [0.3, 0.4) is 0 Å². The van der Waals surface area contributed by atoms with Crippen molar-refractivity contribution >= 4 is 35.1 Å². The molecule has 1 aliphatic rings. The van der Waals surface area contributed by atoms with Crippen LogP contribution in [0.25, 0.3) is 0 Å². The van der Waals surface area contributed by atoms with Crippen molar-refractivity contribution in [2.45, 2.75) is 58.4 Å². The normalized spacial score (nSPS) is 15.6. The number of rotatable bonds is 5. The van der Waals surface area contributed by atoms with Gasteiger partial charge < -0.3 is 15.4 Å². The van der Waals surface area contributed by atoms with Crippen LogP contribution in [0.4, 0.5) is 5.69 Å². The number of esters is 1. The highest BCUT2D eigenvalue weighted by atomic mass is 35.5. The lowest BCUT2D eigenvalue weighted by molar-refractivity contribution is -0.138. The van der Waals surface area contributed by atoms with E-state index in [9.17, 15) is 14.4 Å². The number of carbonyl (C=O) groups excluding carboxylic acids is 3. The molecular formula is C20H27ClN2O4. The zero-order valence-corrected chi connectivity index (χ0v) is 16.8. The molecule has 2 N–H and O–H groups in total. The van der Waals surface area contributed by atoms with Crippen LogP contribution < -0.4 is 10.6 Å². The first-order valence-corrected chi connectivity index (χ1v) is 9.63. The second kappa shape index (κ2) is 9.22. The van der Waals surface area contributed by atoms with E-state index in [-0.39, 0.29) is 28.2 Å². The fourth-order valence-electron chi connectivity index (χ4n) is 3.04. The van der Waals surface area contributed by atoms with Crippen LogP contribution in [0, 0.1) is 5.41 Å². The predicted octanol–water partition coefficient (Wildman–Crippen LogP) is 3.93. The maximum absolute atomic E-state index is 12.7. The van der Waals surface area contributed by atoms with Crippen molar-refractivity contribution < 1.29 is 19.1 Å². The van der Waals surface area contributed by atoms with Gasteiger partial charge >= 0.3 is 5.97 Å². The molecule has 2 amide bonds. The van der Waals surface area contributed by atoms with E-state index in [1.807, 2.05) is 0 Å². The fourth-order valence-corrected chi connectivity index (χ4v) is 3.20. The second-order valence-electron chi connectivity index (χ2n) is 7.43. The van der Waals surface area contributed by atoms with Crippen molar-refractivity contribution in [2.75, 3.05) is 12.4 Å². The Morgan fingerprint density at radius 2 is 1.70 bits per heavy atom. The summed E-state index contributed by atoms with van der Waals surface area (Å²) in [7, 11) is 1.27. The molecule has 7 heteroatoms. The quantitative estimate of drug-likeness (QED) is 0.450. The van der Waals surface area contributed by atoms with Crippen LogP contribution >= 0.6 is 11.6 Å². The molecule has 6 nitrogen and oxygen atoms in total. The molecule has 1 saturated carbocycles. The number of benzene rings is 1. The molecule has 1 aromatic carbocycles. The van der Waals surface area contributed by atoms with Gasteiger partial charge in [-0.25, -0.2) is 4.79 Å². The Hall–Kier alpha value is -2.08. The summed E-state index contributed by atoms with van der Waals surface area (Å²) < 4.78 is 4.68. The third-order valence-electron chi connectivity index (χ3n) is 4.96. The number of methoxy groups -OCH3 is 1. The minimum Gasteiger partial charge on any atom is -0.465 e. The molecule has 0 spiro atoms. The number of amides is 2. The van der Waals surface area contributed by atoms with Crippen molar-refractivity contribution in [2.24, 2.45) is 5.41 Å². The van der Waals surface area contributed by atoms with Crippen molar-refractivity contribution in [3.8, 4) is 0 Å². The lowest BCUT2D eigenvalue weighted by atomic mass is 9.90. The maximum Gasteiger partial charge on any atom is 0.337 e. The summed E-state index contributed by atoms with van der Waals surface area (Å²) in [6.07, 6.45) is 6.43. The van der Waals surface area contributed by atoms with Crippen molar-refractivity contribution in [3.63, 3.8) is 0 Å². The Balaban J connectivity index is 2.08. The minimum atomic E-state index is -1.28. The largest absolute Gasteiger partial charge is 0.465 e. The first kappa shape index (κ1) is 21.2. The molecule has 148 valence electrons. The van der Waals surface area contributed by atoms with E-state index in [1.165, 1.54) is 38.2 Å². The van der Waals surface area contributed by atoms with E-state index in [2.05, 4.69) is 15.4 Å². The van der Waals surface area contributed by atoms with Gasteiger partial charge in [0.25, 0.3) is 0 Å². The summed E-state index contributed by atoms with van der Waals surface area (Å²) >= 11 is 6.12. The number of anilines is 1. The van der Waals surface area contributed by atoms with Crippen LogP contribution in [0.5, 0.6) is 0 Å². The van der Waals surface area contributed by atoms with Crippen molar-refractivity contribution in [1.29, 1.82) is 0 Å². The molecule has 0 saturated heterocycles. The SMILES string of the molecule is COC(=O)c1ccc(Cl)c(NC(=O)C(C)(C)C(=O)NC2CCCCCC2)c1. The van der Waals surface area contributed by atoms with Gasteiger partial charge in [-0.2, -0.15) is 0 Å². The molecule has 0 unspecified atom stereocenters. The van der Waals surface area contributed by atoms with Crippen molar-refractivity contribution in [3.05, 3.63) is 28.8 Å². The van der Waals surface area contributed by atoms with Gasteiger partial charge in [0.05, 0.1) is 23.4 Å². The summed E-state index contributed by atoms with van der Waals surface area (Å²) in [5.74, 6) is -1.34. The van der Waals surface area contributed by atoms with Crippen LogP contribution in [-0.4, -0.2) is 30.9 Å². The number of hydrogen-bond acceptors (Lipinski definition) is 4. The summed E-state index contributed by atoms with van der Waals surface area (Å²) in [6.45, 7) is 3.15. The Morgan fingerprint density at radius 3 is 2.30 bits per heavy atom. The number of halogens is 1. The topological polar surface area (TPSA) is 84.5 Å². The summed E-state index contributed by atoms with van der Waals surface area (Å²) in [5.41, 5.74) is -0.755. The molecule has 0 aliphatic heterocycles. The Bertz CT molecular complexity index is 710. The average molecular weight is 395 g/mol. The molecule has 1 aliphatic carbocycles. The van der Waals surface area contributed by atoms with E-state index in [0.29, 0.717) is 0 Å². The van der Waals surface area contributed by atoms with Crippen LogP contribution in [0.2, 0.25) is 5.02 Å². The highest BCUT2D eigenvalue weighted by Crippen LogP contribution is 2.27. The van der Waals surface area contributed by atoms with Crippen LogP contribution in [0.1, 0.15) is 62.7 Å². The zero-order valence-electron chi connectivity index (χ0n) is 16.1. The molecule has 27 heavy (non-hydrogen) atoms. The molecule has 0 atom stereocenters. The standard InChI is InChI=1S/C20H27ClN2O4/c1-20(2,18(25)22-14-8-6-4-5-7-9-14)19(26)23-16-12-13(17(24)27-3)10-11-15(16)21/h10-12,14H,4-9H2,1-3H3,(H,22,25)(H,23,26). The third kappa shape index (κ3) is 5.45. The van der Waals surface area contributed by atoms with E-state index in [0.717, 1.165) is 25.7 Å². The first-order chi connectivity index (χ1) is 12.8. The monoisotopic (exact) mass is 394 g/mol. The molecular weight excluding hydrogens is 368 g/mol. The molecule has 0 bridgehead atoms. The summed E-state index contributed by atoms with van der Waals surface area (Å²) in [6, 6.07) is 4.56. The lowest BCUT2D eigenvalue weighted by Crippen LogP contribution is -2.48. The lowest BCUT2D eigenvalue weighted by Gasteiger charge is -2.26. The predicted molar refractivity (Wildman–Crippen MR) is 105 cm³/mol. The molecule has 1 aromatic rings. The Morgan fingerprint density at radius 1 is 1.07 bits per heavy atom.